The maximum absolute atomic E-state index is 13.0. The van der Waals surface area contributed by atoms with Gasteiger partial charge >= 0.3 is 6.18 Å². The van der Waals surface area contributed by atoms with Crippen LogP contribution >= 0.6 is 11.6 Å². The van der Waals surface area contributed by atoms with Gasteiger partial charge in [0.05, 0.1) is 29.3 Å². The van der Waals surface area contributed by atoms with Crippen molar-refractivity contribution in [2.24, 2.45) is 11.8 Å². The molecule has 0 bridgehead atoms. The Morgan fingerprint density at radius 1 is 1.37 bits per heavy atom. The fraction of sp³-hybridized carbons (Fsp3) is 0.600. The summed E-state index contributed by atoms with van der Waals surface area (Å²) in [7, 11) is 1.43. The van der Waals surface area contributed by atoms with Crippen molar-refractivity contribution < 1.29 is 27.8 Å². The van der Waals surface area contributed by atoms with Gasteiger partial charge in [-0.15, -0.1) is 0 Å². The summed E-state index contributed by atoms with van der Waals surface area (Å²) >= 11 is 6.61. The molecule has 2 aromatic rings. The molecule has 0 aliphatic heterocycles. The van der Waals surface area contributed by atoms with Crippen LogP contribution < -0.4 is 10.1 Å². The lowest BCUT2D eigenvalue weighted by Gasteiger charge is -2.34. The number of alkyl halides is 3. The fourth-order valence-corrected chi connectivity index (χ4v) is 4.73. The van der Waals surface area contributed by atoms with E-state index in [9.17, 15) is 23.1 Å². The first-order chi connectivity index (χ1) is 16.4. The van der Waals surface area contributed by atoms with E-state index in [0.29, 0.717) is 47.9 Å². The molecule has 0 radical (unpaired) electrons. The van der Waals surface area contributed by atoms with Gasteiger partial charge in [0.25, 0.3) is 5.91 Å². The van der Waals surface area contributed by atoms with Crippen molar-refractivity contribution in [2.75, 3.05) is 13.7 Å². The highest BCUT2D eigenvalue weighted by atomic mass is 35.5. The Balaban J connectivity index is 1.85. The van der Waals surface area contributed by atoms with Crippen molar-refractivity contribution in [3.63, 3.8) is 0 Å². The second kappa shape index (κ2) is 10.8. The van der Waals surface area contributed by atoms with Crippen molar-refractivity contribution >= 4 is 17.5 Å². The summed E-state index contributed by atoms with van der Waals surface area (Å²) < 4.78 is 46.0. The maximum atomic E-state index is 13.0. The molecule has 1 aromatic heterocycles. The maximum Gasteiger partial charge on any atom is 0.391 e. The summed E-state index contributed by atoms with van der Waals surface area (Å²) in [5, 5.41) is 18.0. The molecule has 3 rings (SSSR count). The van der Waals surface area contributed by atoms with Crippen LogP contribution in [0.1, 0.15) is 62.5 Å². The average Bonchev–Trinajstić information content (AvgIpc) is 3.15. The number of methoxy groups -OCH3 is 1. The molecule has 10 heteroatoms. The van der Waals surface area contributed by atoms with E-state index in [2.05, 4.69) is 17.3 Å². The minimum Gasteiger partial charge on any atom is -0.496 e. The first-order valence-corrected chi connectivity index (χ1v) is 12.3. The summed E-state index contributed by atoms with van der Waals surface area (Å²) in [6.45, 7) is 5.64. The number of halogens is 4. The molecule has 35 heavy (non-hydrogen) atoms. The largest absolute Gasteiger partial charge is 0.496 e. The topological polar surface area (TPSA) is 76.4 Å². The van der Waals surface area contributed by atoms with E-state index in [4.69, 9.17) is 16.3 Å². The smallest absolute Gasteiger partial charge is 0.391 e. The van der Waals surface area contributed by atoms with Crippen LogP contribution in [0.4, 0.5) is 13.2 Å². The highest BCUT2D eigenvalue weighted by Crippen LogP contribution is 2.39. The van der Waals surface area contributed by atoms with Gasteiger partial charge in [-0.05, 0) is 62.6 Å². The van der Waals surface area contributed by atoms with E-state index < -0.39 is 23.6 Å². The quantitative estimate of drug-likeness (QED) is 0.477. The van der Waals surface area contributed by atoms with Gasteiger partial charge in [-0.2, -0.15) is 18.3 Å². The number of rotatable bonds is 8. The van der Waals surface area contributed by atoms with E-state index in [-0.39, 0.29) is 23.7 Å². The summed E-state index contributed by atoms with van der Waals surface area (Å²) in [4.78, 5) is 12.9. The van der Waals surface area contributed by atoms with Crippen molar-refractivity contribution in [2.45, 2.75) is 71.2 Å². The zero-order valence-electron chi connectivity index (χ0n) is 20.5. The van der Waals surface area contributed by atoms with Crippen LogP contribution in [-0.2, 0) is 13.0 Å². The lowest BCUT2D eigenvalue weighted by Crippen LogP contribution is -2.45. The number of aryl methyl sites for hydroxylation is 1. The number of benzene rings is 1. The number of nitrogens with zero attached hydrogens (tertiary/aromatic N) is 2. The van der Waals surface area contributed by atoms with Crippen molar-refractivity contribution in [1.82, 2.24) is 15.1 Å². The minimum absolute atomic E-state index is 0.0214. The Morgan fingerprint density at radius 3 is 2.60 bits per heavy atom. The minimum atomic E-state index is -4.29. The molecule has 6 nitrogen and oxygen atoms in total. The van der Waals surface area contributed by atoms with Crippen LogP contribution in [-0.4, -0.2) is 46.2 Å². The normalized spacial score (nSPS) is 21.6. The molecule has 1 aromatic carbocycles. The SMILES string of the molecule is CCn1nc(C(=O)NCC2(O)CCC(C)CC2)c(Cl)c1-c1ccc(C[C@H](C)C(F)(F)F)cc1OC. The second-order valence-corrected chi connectivity index (χ2v) is 9.98. The van der Waals surface area contributed by atoms with Crippen LogP contribution in [0.3, 0.4) is 0 Å². The van der Waals surface area contributed by atoms with Gasteiger partial charge in [0.15, 0.2) is 5.69 Å². The van der Waals surface area contributed by atoms with Crippen molar-refractivity contribution in [3.8, 4) is 17.0 Å². The molecule has 1 amide bonds. The van der Waals surface area contributed by atoms with Crippen LogP contribution in [0.5, 0.6) is 5.75 Å². The number of aromatic nitrogens is 2. The number of amides is 1. The van der Waals surface area contributed by atoms with Gasteiger partial charge in [0.1, 0.15) is 5.75 Å². The third-order valence-corrected chi connectivity index (χ3v) is 7.17. The summed E-state index contributed by atoms with van der Waals surface area (Å²) in [5.41, 5.74) is 0.512. The van der Waals surface area contributed by atoms with E-state index in [0.717, 1.165) is 19.8 Å². The summed E-state index contributed by atoms with van der Waals surface area (Å²) in [6, 6.07) is 4.79. The zero-order valence-corrected chi connectivity index (χ0v) is 21.3. The molecule has 1 aliphatic rings. The Hall–Kier alpha value is -2.26. The van der Waals surface area contributed by atoms with Crippen molar-refractivity contribution in [3.05, 3.63) is 34.5 Å². The van der Waals surface area contributed by atoms with Crippen LogP contribution in [0, 0.1) is 11.8 Å². The summed E-state index contributed by atoms with van der Waals surface area (Å²) in [6.07, 6.45) is -1.43. The standard InChI is InChI=1S/C25H33ClF3N3O3/c1-5-32-22(18-7-6-17(13-19(18)35-4)12-16(3)25(27,28)29)20(26)21(31-32)23(33)30-14-24(34)10-8-15(2)9-11-24/h6-7,13,15-16,34H,5,8-12,14H2,1-4H3,(H,30,33)/t15?,16-,24?/m0/s1. The number of carbonyl (C=O) groups is 1. The molecule has 1 saturated carbocycles. The van der Waals surface area contributed by atoms with Gasteiger partial charge in [0, 0.05) is 18.7 Å². The third kappa shape index (κ3) is 6.30. The predicted octanol–water partition coefficient (Wildman–Crippen LogP) is 5.64. The first kappa shape index (κ1) is 27.3. The number of nitrogens with one attached hydrogen (secondary N) is 1. The van der Waals surface area contributed by atoms with E-state index in [1.165, 1.54) is 7.11 Å². The summed E-state index contributed by atoms with van der Waals surface area (Å²) in [5.74, 6) is -1.10. The molecular weight excluding hydrogens is 483 g/mol. The van der Waals surface area contributed by atoms with Gasteiger partial charge in [-0.1, -0.05) is 31.5 Å². The molecule has 0 saturated heterocycles. The molecule has 0 spiro atoms. The number of hydrogen-bond acceptors (Lipinski definition) is 4. The molecular formula is C25H33ClF3N3O3. The molecule has 0 unspecified atom stereocenters. The zero-order chi connectivity index (χ0) is 26.0. The third-order valence-electron chi connectivity index (χ3n) is 6.81. The molecule has 2 N–H and O–H groups in total. The number of ether oxygens (including phenoxy) is 1. The van der Waals surface area contributed by atoms with E-state index in [1.807, 2.05) is 6.92 Å². The Labute approximate surface area is 208 Å². The number of aliphatic hydroxyl groups is 1. The van der Waals surface area contributed by atoms with Gasteiger partial charge in [-0.25, -0.2) is 0 Å². The van der Waals surface area contributed by atoms with Crippen molar-refractivity contribution in [1.29, 1.82) is 0 Å². The Kier molecular flexibility index (Phi) is 8.42. The Bertz CT molecular complexity index is 1050. The molecule has 1 atom stereocenters. The number of carbonyl (C=O) groups excluding carboxylic acids is 1. The molecule has 1 aliphatic carbocycles. The molecule has 194 valence electrons. The first-order valence-electron chi connectivity index (χ1n) is 11.9. The lowest BCUT2D eigenvalue weighted by atomic mass is 9.79. The van der Waals surface area contributed by atoms with E-state index >= 15 is 0 Å². The van der Waals surface area contributed by atoms with Gasteiger partial charge < -0.3 is 15.2 Å². The molecule has 1 heterocycles. The number of hydrogen-bond donors (Lipinski definition) is 2. The Morgan fingerprint density at radius 2 is 2.03 bits per heavy atom. The van der Waals surface area contributed by atoms with Crippen LogP contribution in [0.2, 0.25) is 5.02 Å². The fourth-order valence-electron chi connectivity index (χ4n) is 4.40. The monoisotopic (exact) mass is 515 g/mol. The second-order valence-electron chi connectivity index (χ2n) is 9.60. The lowest BCUT2D eigenvalue weighted by molar-refractivity contribution is -0.169. The highest BCUT2D eigenvalue weighted by Gasteiger charge is 2.36. The van der Waals surface area contributed by atoms with Gasteiger partial charge in [-0.3, -0.25) is 9.48 Å². The molecule has 1 fully saturated rings. The highest BCUT2D eigenvalue weighted by molar-refractivity contribution is 6.36. The average molecular weight is 516 g/mol. The van der Waals surface area contributed by atoms with Gasteiger partial charge in [0.2, 0.25) is 0 Å². The predicted molar refractivity (Wildman–Crippen MR) is 129 cm³/mol. The van der Waals surface area contributed by atoms with Crippen LogP contribution in [0.25, 0.3) is 11.3 Å². The van der Waals surface area contributed by atoms with Crippen LogP contribution in [0.15, 0.2) is 18.2 Å². The van der Waals surface area contributed by atoms with E-state index in [1.54, 1.807) is 22.9 Å².